The molecule has 0 aliphatic carbocycles. The Labute approximate surface area is 127 Å². The molecule has 0 radical (unpaired) electrons. The first-order valence-electron chi connectivity index (χ1n) is 7.42. The molecule has 1 N–H and O–H groups in total. The summed E-state index contributed by atoms with van der Waals surface area (Å²) in [5.41, 5.74) is 0.941. The molecule has 1 aromatic carbocycles. The van der Waals surface area contributed by atoms with E-state index in [1.54, 1.807) is 31.3 Å². The van der Waals surface area contributed by atoms with E-state index < -0.39 is 10.0 Å². The van der Waals surface area contributed by atoms with E-state index in [0.717, 1.165) is 25.2 Å². The molecule has 1 aliphatic heterocycles. The molecule has 118 valence electrons. The Hall–Kier alpha value is -0.950. The molecule has 0 atom stereocenters. The van der Waals surface area contributed by atoms with Crippen molar-refractivity contribution >= 4 is 10.0 Å². The van der Waals surface area contributed by atoms with Crippen LogP contribution in [0, 0.1) is 0 Å². The summed E-state index contributed by atoms with van der Waals surface area (Å²) in [6, 6.07) is 6.76. The highest BCUT2D eigenvalue weighted by molar-refractivity contribution is 7.89. The van der Waals surface area contributed by atoms with Crippen LogP contribution >= 0.6 is 0 Å². The summed E-state index contributed by atoms with van der Waals surface area (Å²) in [6.45, 7) is 3.52. The normalized spacial score (nSPS) is 16.7. The topological polar surface area (TPSA) is 60.9 Å². The van der Waals surface area contributed by atoms with Crippen LogP contribution in [0.5, 0.6) is 0 Å². The predicted octanol–water partition coefficient (Wildman–Crippen LogP) is 0.938. The predicted molar refractivity (Wildman–Crippen MR) is 82.7 cm³/mol. The Balaban J connectivity index is 1.98. The van der Waals surface area contributed by atoms with Crippen LogP contribution in [0.2, 0.25) is 0 Å². The summed E-state index contributed by atoms with van der Waals surface area (Å²) >= 11 is 0. The Morgan fingerprint density at radius 2 is 1.81 bits per heavy atom. The minimum atomic E-state index is -3.42. The van der Waals surface area contributed by atoms with Gasteiger partial charge in [-0.05, 0) is 50.0 Å². The maximum Gasteiger partial charge on any atom is 0.242 e. The van der Waals surface area contributed by atoms with Gasteiger partial charge in [-0.3, -0.25) is 0 Å². The van der Waals surface area contributed by atoms with E-state index in [-0.39, 0.29) is 6.61 Å². The van der Waals surface area contributed by atoms with E-state index in [2.05, 4.69) is 4.90 Å². The Bertz CT molecular complexity index is 537. The zero-order valence-electron chi connectivity index (χ0n) is 12.5. The van der Waals surface area contributed by atoms with Crippen molar-refractivity contribution < 1.29 is 13.5 Å². The van der Waals surface area contributed by atoms with Gasteiger partial charge in [0.05, 0.1) is 4.90 Å². The van der Waals surface area contributed by atoms with Gasteiger partial charge in [-0.25, -0.2) is 8.42 Å². The zero-order chi connectivity index (χ0) is 15.3. The number of hydrogen-bond acceptors (Lipinski definition) is 4. The molecule has 0 unspecified atom stereocenters. The fourth-order valence-electron chi connectivity index (χ4n) is 2.55. The Morgan fingerprint density at radius 1 is 1.19 bits per heavy atom. The van der Waals surface area contributed by atoms with Crippen LogP contribution in [0.4, 0.5) is 0 Å². The second-order valence-electron chi connectivity index (χ2n) is 5.49. The molecule has 1 fully saturated rings. The lowest BCUT2D eigenvalue weighted by Crippen LogP contribution is -2.35. The highest BCUT2D eigenvalue weighted by Crippen LogP contribution is 2.16. The number of sulfonamides is 1. The van der Waals surface area contributed by atoms with Gasteiger partial charge in [0.2, 0.25) is 10.0 Å². The van der Waals surface area contributed by atoms with Crippen molar-refractivity contribution in [2.24, 2.45) is 0 Å². The second kappa shape index (κ2) is 7.35. The zero-order valence-corrected chi connectivity index (χ0v) is 13.3. The minimum absolute atomic E-state index is 0.0713. The van der Waals surface area contributed by atoms with Gasteiger partial charge in [0.15, 0.2) is 0 Å². The second-order valence-corrected chi connectivity index (χ2v) is 7.54. The molecule has 2 rings (SSSR count). The molecule has 6 heteroatoms. The van der Waals surface area contributed by atoms with E-state index in [9.17, 15) is 8.42 Å². The molecule has 5 nitrogen and oxygen atoms in total. The summed E-state index contributed by atoms with van der Waals surface area (Å²) in [5, 5.41) is 8.88. The number of benzene rings is 1. The van der Waals surface area contributed by atoms with Crippen LogP contribution in [-0.4, -0.2) is 62.6 Å². The number of likely N-dealkylation sites (tertiary alicyclic amines) is 1. The lowest BCUT2D eigenvalue weighted by molar-refractivity contribution is 0.299. The van der Waals surface area contributed by atoms with Gasteiger partial charge in [0, 0.05) is 26.7 Å². The third-order valence-corrected chi connectivity index (χ3v) is 5.83. The maximum atomic E-state index is 12.5. The molecule has 1 aromatic rings. The van der Waals surface area contributed by atoms with Gasteiger partial charge >= 0.3 is 0 Å². The summed E-state index contributed by atoms with van der Waals surface area (Å²) in [6.07, 6.45) is 2.97. The number of nitrogens with zero attached hydrogens (tertiary/aromatic N) is 2. The molecule has 0 bridgehead atoms. The van der Waals surface area contributed by atoms with Gasteiger partial charge < -0.3 is 10.0 Å². The lowest BCUT2D eigenvalue weighted by Gasteiger charge is -2.21. The SMILES string of the molecule is CN(CCN1CCCC1)S(=O)(=O)c1ccc(CCO)cc1. The molecule has 0 amide bonds. The van der Waals surface area contributed by atoms with Crippen LogP contribution in [-0.2, 0) is 16.4 Å². The van der Waals surface area contributed by atoms with Crippen molar-refractivity contribution in [1.82, 2.24) is 9.21 Å². The van der Waals surface area contributed by atoms with Crippen molar-refractivity contribution in [3.63, 3.8) is 0 Å². The van der Waals surface area contributed by atoms with Crippen molar-refractivity contribution in [3.8, 4) is 0 Å². The molecular weight excluding hydrogens is 288 g/mol. The average Bonchev–Trinajstić information content (AvgIpc) is 2.99. The number of rotatable bonds is 7. The standard InChI is InChI=1S/C15H24N2O3S/c1-16(11-12-17-9-2-3-10-17)21(19,20)15-6-4-14(5-7-15)8-13-18/h4-7,18H,2-3,8-13H2,1H3. The molecule has 1 saturated heterocycles. The van der Waals surface area contributed by atoms with Crippen LogP contribution in [0.25, 0.3) is 0 Å². The lowest BCUT2D eigenvalue weighted by atomic mass is 10.2. The number of aliphatic hydroxyl groups excluding tert-OH is 1. The molecular formula is C15H24N2O3S. The van der Waals surface area contributed by atoms with Crippen molar-refractivity contribution in [2.75, 3.05) is 39.8 Å². The Kier molecular flexibility index (Phi) is 5.75. The first kappa shape index (κ1) is 16.4. The van der Waals surface area contributed by atoms with Crippen LogP contribution in [0.1, 0.15) is 18.4 Å². The van der Waals surface area contributed by atoms with Gasteiger partial charge in [0.25, 0.3) is 0 Å². The third-order valence-electron chi connectivity index (χ3n) is 3.96. The fraction of sp³-hybridized carbons (Fsp3) is 0.600. The largest absolute Gasteiger partial charge is 0.396 e. The highest BCUT2D eigenvalue weighted by Gasteiger charge is 2.21. The van der Waals surface area contributed by atoms with Crippen LogP contribution in [0.15, 0.2) is 29.2 Å². The molecule has 1 heterocycles. The minimum Gasteiger partial charge on any atom is -0.396 e. The monoisotopic (exact) mass is 312 g/mol. The maximum absolute atomic E-state index is 12.5. The van der Waals surface area contributed by atoms with E-state index in [1.807, 2.05) is 0 Å². The smallest absolute Gasteiger partial charge is 0.242 e. The molecule has 0 aromatic heterocycles. The summed E-state index contributed by atoms with van der Waals surface area (Å²) in [7, 11) is -1.79. The fourth-order valence-corrected chi connectivity index (χ4v) is 3.71. The van der Waals surface area contributed by atoms with E-state index in [1.165, 1.54) is 17.1 Å². The summed E-state index contributed by atoms with van der Waals surface area (Å²) < 4.78 is 26.4. The molecule has 1 aliphatic rings. The summed E-state index contributed by atoms with van der Waals surface area (Å²) in [4.78, 5) is 2.62. The van der Waals surface area contributed by atoms with Gasteiger partial charge in [0.1, 0.15) is 0 Å². The molecule has 21 heavy (non-hydrogen) atoms. The van der Waals surface area contributed by atoms with E-state index in [0.29, 0.717) is 17.9 Å². The van der Waals surface area contributed by atoms with Crippen molar-refractivity contribution in [3.05, 3.63) is 29.8 Å². The first-order valence-corrected chi connectivity index (χ1v) is 8.86. The van der Waals surface area contributed by atoms with Crippen LogP contribution in [0.3, 0.4) is 0 Å². The van der Waals surface area contributed by atoms with E-state index in [4.69, 9.17) is 5.11 Å². The molecule has 0 spiro atoms. The molecule has 0 saturated carbocycles. The number of likely N-dealkylation sites (N-methyl/N-ethyl adjacent to an activating group) is 1. The van der Waals surface area contributed by atoms with Crippen molar-refractivity contribution in [2.45, 2.75) is 24.2 Å². The number of hydrogen-bond donors (Lipinski definition) is 1. The average molecular weight is 312 g/mol. The highest BCUT2D eigenvalue weighted by atomic mass is 32.2. The van der Waals surface area contributed by atoms with Gasteiger partial charge in [-0.2, -0.15) is 4.31 Å². The Morgan fingerprint density at radius 3 is 2.38 bits per heavy atom. The van der Waals surface area contributed by atoms with Crippen molar-refractivity contribution in [1.29, 1.82) is 0 Å². The van der Waals surface area contributed by atoms with Gasteiger partial charge in [-0.15, -0.1) is 0 Å². The van der Waals surface area contributed by atoms with Gasteiger partial charge in [-0.1, -0.05) is 12.1 Å². The third kappa shape index (κ3) is 4.26. The quantitative estimate of drug-likeness (QED) is 0.814. The summed E-state index contributed by atoms with van der Waals surface area (Å²) in [5.74, 6) is 0. The first-order chi connectivity index (χ1) is 10.0. The number of aliphatic hydroxyl groups is 1. The van der Waals surface area contributed by atoms with Crippen LogP contribution < -0.4 is 0 Å². The van der Waals surface area contributed by atoms with E-state index >= 15 is 0 Å².